The van der Waals surface area contributed by atoms with Crippen LogP contribution >= 0.6 is 0 Å². The van der Waals surface area contributed by atoms with E-state index in [4.69, 9.17) is 4.74 Å². The van der Waals surface area contributed by atoms with Crippen LogP contribution in [0.2, 0.25) is 0 Å². The van der Waals surface area contributed by atoms with Crippen LogP contribution in [0.5, 0.6) is 5.75 Å². The number of fused-ring (bicyclic) bond motifs is 7. The third-order valence-electron chi connectivity index (χ3n) is 19.6. The van der Waals surface area contributed by atoms with Crippen molar-refractivity contribution in [3.8, 4) is 5.75 Å². The predicted molar refractivity (Wildman–Crippen MR) is 354 cm³/mol. The van der Waals surface area contributed by atoms with Crippen molar-refractivity contribution in [1.82, 2.24) is 50.2 Å². The maximum Gasteiger partial charge on any atom is 0.255 e. The number of alkyl halides is 4. The molecule has 1 aromatic heterocycles. The summed E-state index contributed by atoms with van der Waals surface area (Å²) in [6.45, 7) is 26.4. The molecule has 7 aliphatic rings. The van der Waals surface area contributed by atoms with Crippen molar-refractivity contribution < 1.29 is 54.6 Å². The van der Waals surface area contributed by atoms with Crippen LogP contribution in [0.15, 0.2) is 66.3 Å². The van der Waals surface area contributed by atoms with Gasteiger partial charge in [-0.05, 0) is 137 Å². The molecule has 0 aliphatic carbocycles. The minimum Gasteiger partial charge on any atom is -0.489 e. The number of H-pyrrole nitrogens is 1. The first-order chi connectivity index (χ1) is 44.8. The fraction of sp³-hybridized carbons (Fsp3) is 0.614. The zero-order chi connectivity index (χ0) is 68.5. The molecule has 8 heterocycles. The Morgan fingerprint density at radius 1 is 0.957 bits per heavy atom. The lowest BCUT2D eigenvalue weighted by Crippen LogP contribution is -2.64. The number of imide groups is 1. The molecule has 3 N–H and O–H groups in total. The molecule has 24 heteroatoms. The molecule has 1 spiro atoms. The fourth-order valence-corrected chi connectivity index (χ4v) is 14.5. The third kappa shape index (κ3) is 16.7. The molecule has 4 unspecified atom stereocenters. The summed E-state index contributed by atoms with van der Waals surface area (Å²) in [5.74, 6) is -2.25. The van der Waals surface area contributed by atoms with Gasteiger partial charge in [-0.3, -0.25) is 44.3 Å². The maximum atomic E-state index is 16.3. The highest BCUT2D eigenvalue weighted by Gasteiger charge is 2.48. The first-order valence-electron chi connectivity index (χ1n) is 33.7. The van der Waals surface area contributed by atoms with E-state index in [0.717, 1.165) is 72.2 Å². The van der Waals surface area contributed by atoms with Gasteiger partial charge in [0.15, 0.2) is 0 Å². The fourth-order valence-electron chi connectivity index (χ4n) is 14.5. The molecular weight excluding hydrogens is 1220 g/mol. The Labute approximate surface area is 550 Å². The lowest BCUT2D eigenvalue weighted by Gasteiger charge is -2.54. The summed E-state index contributed by atoms with van der Waals surface area (Å²) in [4.78, 5) is 66.2. The lowest BCUT2D eigenvalue weighted by molar-refractivity contribution is -0.146. The van der Waals surface area contributed by atoms with E-state index in [9.17, 15) is 41.1 Å². The van der Waals surface area contributed by atoms with Gasteiger partial charge in [-0.15, -0.1) is 0 Å². The second-order valence-corrected chi connectivity index (χ2v) is 26.7. The zero-order valence-corrected chi connectivity index (χ0v) is 57.0. The predicted octanol–water partition coefficient (Wildman–Crippen LogP) is 10.9. The number of ether oxygens (including phenoxy) is 1. The van der Waals surface area contributed by atoms with E-state index in [2.05, 4.69) is 44.5 Å². The number of halogens is 7. The largest absolute Gasteiger partial charge is 0.489 e. The number of aromatic nitrogens is 2. The molecular formula is C70H99F7N12O5. The number of nitrogens with one attached hydrogen (secondary N) is 3. The Morgan fingerprint density at radius 2 is 1.66 bits per heavy atom. The van der Waals surface area contributed by atoms with Gasteiger partial charge in [0.05, 0.1) is 49.1 Å². The van der Waals surface area contributed by atoms with Crippen LogP contribution in [-0.2, 0) is 27.3 Å². The number of rotatable bonds is 20. The van der Waals surface area contributed by atoms with Crippen molar-refractivity contribution in [2.24, 2.45) is 10.8 Å². The van der Waals surface area contributed by atoms with E-state index in [1.165, 1.54) is 34.1 Å². The number of nitrogens with zero attached hydrogens (tertiary/aromatic N) is 9. The molecule has 0 bridgehead atoms. The highest BCUT2D eigenvalue weighted by atomic mass is 19.3. The molecule has 0 radical (unpaired) electrons. The molecule has 11 rings (SSSR count). The summed E-state index contributed by atoms with van der Waals surface area (Å²) >= 11 is 0. The highest BCUT2D eigenvalue weighted by Crippen LogP contribution is 2.46. The number of aromatic amines is 1. The maximum absolute atomic E-state index is 16.3. The average molecular weight is 1320 g/mol. The molecule has 4 fully saturated rings. The van der Waals surface area contributed by atoms with Crippen LogP contribution in [0.25, 0.3) is 10.9 Å². The van der Waals surface area contributed by atoms with E-state index in [1.54, 1.807) is 36.2 Å². The van der Waals surface area contributed by atoms with Gasteiger partial charge in [0, 0.05) is 124 Å². The molecule has 5 atom stereocenters. The Balaban J connectivity index is 0.000000321. The van der Waals surface area contributed by atoms with Crippen LogP contribution in [0, 0.1) is 22.5 Å². The first-order valence-corrected chi connectivity index (χ1v) is 33.7. The number of likely N-dealkylation sites (tertiary alicyclic amines) is 1. The van der Waals surface area contributed by atoms with E-state index in [1.807, 2.05) is 83.3 Å². The van der Waals surface area contributed by atoms with Crippen LogP contribution in [0.3, 0.4) is 0 Å². The molecule has 17 nitrogen and oxygen atoms in total. The number of benzene rings is 3. The lowest BCUT2D eigenvalue weighted by atomic mass is 9.72. The topological polar surface area (TPSA) is 156 Å². The van der Waals surface area contributed by atoms with Gasteiger partial charge in [-0.1, -0.05) is 54.5 Å². The Morgan fingerprint density at radius 3 is 2.31 bits per heavy atom. The molecule has 7 aliphatic heterocycles. The number of piperidine rings is 2. The van der Waals surface area contributed by atoms with E-state index >= 15 is 8.78 Å². The number of piperazine rings is 1. The molecule has 4 saturated heterocycles. The summed E-state index contributed by atoms with van der Waals surface area (Å²) < 4.78 is 106. The minimum atomic E-state index is -2.68. The van der Waals surface area contributed by atoms with E-state index in [0.29, 0.717) is 94.4 Å². The summed E-state index contributed by atoms with van der Waals surface area (Å²) in [7, 11) is 3.88. The summed E-state index contributed by atoms with van der Waals surface area (Å²) in [6.07, 6.45) is 3.67. The Hall–Kier alpha value is -6.76. The number of allylic oxidation sites excluding steroid dienone is 3. The van der Waals surface area contributed by atoms with E-state index < -0.39 is 55.1 Å². The summed E-state index contributed by atoms with van der Waals surface area (Å²) in [5, 5.41) is 13.4. The van der Waals surface area contributed by atoms with Crippen molar-refractivity contribution in [2.75, 3.05) is 116 Å². The Bertz CT molecular complexity index is 3320. The van der Waals surface area contributed by atoms with Crippen molar-refractivity contribution >= 4 is 45.9 Å². The van der Waals surface area contributed by atoms with Crippen molar-refractivity contribution in [3.63, 3.8) is 0 Å². The molecule has 4 aromatic rings. The quantitative estimate of drug-likeness (QED) is 0.0437. The van der Waals surface area contributed by atoms with Gasteiger partial charge >= 0.3 is 0 Å². The number of hydrogen-bond acceptors (Lipinski definition) is 13. The summed E-state index contributed by atoms with van der Waals surface area (Å²) in [6, 6.07) is 7.49. The number of amides is 4. The van der Waals surface area contributed by atoms with Gasteiger partial charge in [0.1, 0.15) is 35.9 Å². The number of anilines is 2. The average Bonchev–Trinajstić information content (AvgIpc) is 1.18. The minimum absolute atomic E-state index is 0.0120. The normalized spacial score (nSPS) is 21.7. The number of hydrogen-bond donors (Lipinski definition) is 3. The standard InChI is InChI=1S/C46H49F4N9O5.C20H38F3N3.2C2H6/c1-25-12-31-29(2-3-35-32(31)17-51-53-35)43(58(25)20-39(49)50)42-33(47)14-27(15-34(42)48)55-8-6-46(7-9-55)23-56(24-46)41(61)21-54-10-11-57-28(19-54)22-64-38-16-30-26(13-37(38)57)18-59(45(30)63)36-4-5-40(60)52-44(36)62;1-8-10-26(14-19(22)23)17(3)13-18(21)12-16(2)25(7)11-9-20(4,5)15-24-6;2*1-2/h2-3,13-17,25,28,36,39,43H,4-12,18-24H2,1H3,(H,51,53)(H,52,60,62);12-13,17,19,24H,8-11,14-15H2,1-7H3;2*1-2H3/b;16-12+,18-13-;;/t25-,28?,36?,43?;;;/m1.../s1. The SMILES string of the molecule is CC.CC.CCCN(CC(F)F)C(C)/C=C(F)/C=C(\C)N(C)CCC(C)(C)CNC.C[C@@H]1Cc2c(ccc3[nH]ncc23)C(c2c(F)cc(N3CCC4(CC3)CN(C(=O)CN3CCN5c6cc7c(cc6OCC5C3)C(=O)N(C3CCC(=O)NC3=O)C7)C4)cc2F)N1CC(F)F. The smallest absolute Gasteiger partial charge is 0.255 e. The van der Waals surface area contributed by atoms with Crippen LogP contribution in [0.1, 0.15) is 146 Å². The molecule has 3 aromatic carbocycles. The van der Waals surface area contributed by atoms with Crippen molar-refractivity contribution in [1.29, 1.82) is 0 Å². The second-order valence-electron chi connectivity index (χ2n) is 26.7. The molecule has 518 valence electrons. The van der Waals surface area contributed by atoms with Gasteiger partial charge in [-0.25, -0.2) is 30.7 Å². The number of carbonyl (C=O) groups is 4. The van der Waals surface area contributed by atoms with Crippen LogP contribution in [-0.4, -0.2) is 206 Å². The van der Waals surface area contributed by atoms with Gasteiger partial charge in [0.2, 0.25) is 17.7 Å². The van der Waals surface area contributed by atoms with Crippen molar-refractivity contribution in [3.05, 3.63) is 106 Å². The van der Waals surface area contributed by atoms with Gasteiger partial charge in [0.25, 0.3) is 18.8 Å². The summed E-state index contributed by atoms with van der Waals surface area (Å²) in [5.41, 5.74) is 5.57. The van der Waals surface area contributed by atoms with Crippen LogP contribution in [0.4, 0.5) is 42.1 Å². The van der Waals surface area contributed by atoms with Gasteiger partial charge < -0.3 is 34.6 Å². The molecule has 0 saturated carbocycles. The van der Waals surface area contributed by atoms with E-state index in [-0.39, 0.29) is 78.1 Å². The van der Waals surface area contributed by atoms with Crippen molar-refractivity contribution in [2.45, 2.75) is 164 Å². The van der Waals surface area contributed by atoms with Crippen LogP contribution < -0.4 is 25.2 Å². The van der Waals surface area contributed by atoms with Gasteiger partial charge in [-0.2, -0.15) is 5.10 Å². The third-order valence-corrected chi connectivity index (χ3v) is 19.6. The number of carbonyl (C=O) groups excluding carboxylic acids is 4. The first kappa shape index (κ1) is 73.1. The molecule has 4 amide bonds. The zero-order valence-electron chi connectivity index (χ0n) is 57.0. The highest BCUT2D eigenvalue weighted by molar-refractivity contribution is 6.06. The molecule has 94 heavy (non-hydrogen) atoms. The monoisotopic (exact) mass is 1320 g/mol. The second kappa shape index (κ2) is 31.9. The Kier molecular flexibility index (Phi) is 24.8.